The third kappa shape index (κ3) is 3.93. The molecular weight excluding hydrogens is 348 g/mol. The molecule has 0 saturated carbocycles. The van der Waals surface area contributed by atoms with Crippen molar-refractivity contribution in [2.45, 2.75) is 4.90 Å². The van der Waals surface area contributed by atoms with Crippen LogP contribution in [-0.4, -0.2) is 19.1 Å². The molecule has 0 spiro atoms. The van der Waals surface area contributed by atoms with E-state index in [2.05, 4.69) is 41.9 Å². The van der Waals surface area contributed by atoms with Crippen LogP contribution >= 0.6 is 23.1 Å². The molecule has 0 aliphatic rings. The second-order valence-corrected chi connectivity index (χ2v) is 7.25. The molecule has 5 heteroatoms. The van der Waals surface area contributed by atoms with Gasteiger partial charge in [-0.2, -0.15) is 5.26 Å². The van der Waals surface area contributed by atoms with Crippen LogP contribution < -0.4 is 5.32 Å². The maximum absolute atomic E-state index is 10.5. The summed E-state index contributed by atoms with van der Waals surface area (Å²) in [5, 5.41) is 12.3. The Morgan fingerprint density at radius 3 is 2.40 bits per heavy atom. The summed E-state index contributed by atoms with van der Waals surface area (Å²) in [7, 11) is 0. The Morgan fingerprint density at radius 2 is 1.80 bits per heavy atom. The van der Waals surface area contributed by atoms with E-state index in [0.717, 1.165) is 33.5 Å². The van der Waals surface area contributed by atoms with Crippen molar-refractivity contribution >= 4 is 35.1 Å². The standard InChI is InChI=1S/C20H16N2OS2/c1-24-17-8-4-14(5-9-17)19-12-18(13-21)25-20(19)15-2-6-16(7-3-15)22-10-11-23/h2-9,11-12,22H,10H2,1H3. The Labute approximate surface area is 155 Å². The SMILES string of the molecule is CSc1ccc(-c2cc(C#N)sc2-c2ccc(NCC=O)cc2)cc1. The van der Waals surface area contributed by atoms with Crippen LogP contribution in [0, 0.1) is 11.3 Å². The molecule has 1 heterocycles. The van der Waals surface area contributed by atoms with E-state index >= 15 is 0 Å². The Hall–Kier alpha value is -2.55. The van der Waals surface area contributed by atoms with Gasteiger partial charge in [0.05, 0.1) is 6.54 Å². The molecule has 3 aromatic rings. The van der Waals surface area contributed by atoms with Gasteiger partial charge in [0.15, 0.2) is 0 Å². The summed E-state index contributed by atoms with van der Waals surface area (Å²) in [5.41, 5.74) is 4.14. The highest BCUT2D eigenvalue weighted by molar-refractivity contribution is 7.98. The second-order valence-electron chi connectivity index (χ2n) is 5.32. The lowest BCUT2D eigenvalue weighted by molar-refractivity contribution is -0.106. The van der Waals surface area contributed by atoms with Gasteiger partial charge in [-0.05, 0) is 47.7 Å². The monoisotopic (exact) mass is 364 g/mol. The van der Waals surface area contributed by atoms with Crippen molar-refractivity contribution < 1.29 is 4.79 Å². The summed E-state index contributed by atoms with van der Waals surface area (Å²) < 4.78 is 0. The van der Waals surface area contributed by atoms with Gasteiger partial charge in [0.25, 0.3) is 0 Å². The second kappa shape index (κ2) is 8.02. The lowest BCUT2D eigenvalue weighted by Gasteiger charge is -2.07. The number of aldehydes is 1. The zero-order valence-corrected chi connectivity index (χ0v) is 15.3. The van der Waals surface area contributed by atoms with Crippen molar-refractivity contribution in [3.8, 4) is 27.6 Å². The third-order valence-corrected chi connectivity index (χ3v) is 5.61. The Balaban J connectivity index is 1.99. The number of carbonyl (C=O) groups is 1. The third-order valence-electron chi connectivity index (χ3n) is 3.78. The molecular formula is C20H16N2OS2. The molecule has 0 aliphatic carbocycles. The van der Waals surface area contributed by atoms with Crippen LogP contribution in [0.25, 0.3) is 21.6 Å². The molecule has 0 atom stereocenters. The molecule has 0 saturated heterocycles. The van der Waals surface area contributed by atoms with Crippen molar-refractivity contribution in [3.05, 3.63) is 59.5 Å². The molecule has 25 heavy (non-hydrogen) atoms. The maximum atomic E-state index is 10.5. The highest BCUT2D eigenvalue weighted by Gasteiger charge is 2.13. The van der Waals surface area contributed by atoms with Crippen LogP contribution in [-0.2, 0) is 4.79 Å². The van der Waals surface area contributed by atoms with Gasteiger partial charge in [0.1, 0.15) is 17.2 Å². The van der Waals surface area contributed by atoms with Gasteiger partial charge in [-0.15, -0.1) is 23.1 Å². The molecule has 0 aliphatic heterocycles. The number of anilines is 1. The average molecular weight is 364 g/mol. The summed E-state index contributed by atoms with van der Waals surface area (Å²) in [6.07, 6.45) is 2.89. The van der Waals surface area contributed by atoms with E-state index in [9.17, 15) is 10.1 Å². The predicted octanol–water partition coefficient (Wildman–Crippen LogP) is 5.29. The Kier molecular flexibility index (Phi) is 5.54. The van der Waals surface area contributed by atoms with E-state index in [1.165, 1.54) is 16.2 Å². The zero-order chi connectivity index (χ0) is 17.6. The molecule has 3 rings (SSSR count). The highest BCUT2D eigenvalue weighted by Crippen LogP contribution is 2.39. The minimum Gasteiger partial charge on any atom is -0.378 e. The predicted molar refractivity (Wildman–Crippen MR) is 106 cm³/mol. The van der Waals surface area contributed by atoms with Crippen molar-refractivity contribution in [2.75, 3.05) is 18.1 Å². The minimum atomic E-state index is 0.296. The van der Waals surface area contributed by atoms with Crippen molar-refractivity contribution in [3.63, 3.8) is 0 Å². The fourth-order valence-corrected chi connectivity index (χ4v) is 3.94. The first-order valence-corrected chi connectivity index (χ1v) is 9.75. The highest BCUT2D eigenvalue weighted by atomic mass is 32.2. The number of nitrogens with zero attached hydrogens (tertiary/aromatic N) is 1. The zero-order valence-electron chi connectivity index (χ0n) is 13.7. The summed E-state index contributed by atoms with van der Waals surface area (Å²) in [6, 6.07) is 20.5. The molecule has 1 aromatic heterocycles. The van der Waals surface area contributed by atoms with Crippen molar-refractivity contribution in [2.24, 2.45) is 0 Å². The number of rotatable bonds is 6. The first kappa shape index (κ1) is 17.3. The fraction of sp³-hybridized carbons (Fsp3) is 0.100. The van der Waals surface area contributed by atoms with E-state index in [1.54, 1.807) is 11.8 Å². The molecule has 0 bridgehead atoms. The minimum absolute atomic E-state index is 0.296. The number of thiophene rings is 1. The topological polar surface area (TPSA) is 52.9 Å². The van der Waals surface area contributed by atoms with E-state index < -0.39 is 0 Å². The number of hydrogen-bond acceptors (Lipinski definition) is 5. The Bertz CT molecular complexity index is 906. The van der Waals surface area contributed by atoms with Crippen molar-refractivity contribution in [1.82, 2.24) is 0 Å². The average Bonchev–Trinajstić information content (AvgIpc) is 3.11. The normalized spacial score (nSPS) is 10.2. The summed E-state index contributed by atoms with van der Waals surface area (Å²) in [6.45, 7) is 0.296. The Morgan fingerprint density at radius 1 is 1.12 bits per heavy atom. The summed E-state index contributed by atoms with van der Waals surface area (Å²) >= 11 is 3.21. The molecule has 124 valence electrons. The molecule has 0 amide bonds. The fourth-order valence-electron chi connectivity index (χ4n) is 2.54. The van der Waals surface area contributed by atoms with E-state index in [1.807, 2.05) is 30.3 Å². The number of thioether (sulfide) groups is 1. The van der Waals surface area contributed by atoms with Crippen LogP contribution in [0.5, 0.6) is 0 Å². The van der Waals surface area contributed by atoms with Gasteiger partial charge in [0.2, 0.25) is 0 Å². The number of nitriles is 1. The molecule has 3 nitrogen and oxygen atoms in total. The number of nitrogens with one attached hydrogen (secondary N) is 1. The number of carbonyl (C=O) groups excluding carboxylic acids is 1. The van der Waals surface area contributed by atoms with Crippen molar-refractivity contribution in [1.29, 1.82) is 5.26 Å². The molecule has 0 radical (unpaired) electrons. The van der Waals surface area contributed by atoms with Crippen LogP contribution in [0.1, 0.15) is 4.88 Å². The number of benzene rings is 2. The largest absolute Gasteiger partial charge is 0.378 e. The van der Waals surface area contributed by atoms with Gasteiger partial charge in [-0.25, -0.2) is 0 Å². The van der Waals surface area contributed by atoms with E-state index in [0.29, 0.717) is 11.4 Å². The molecule has 0 fully saturated rings. The number of hydrogen-bond donors (Lipinski definition) is 1. The lowest BCUT2D eigenvalue weighted by atomic mass is 10.0. The van der Waals surface area contributed by atoms with Crippen LogP contribution in [0.15, 0.2) is 59.5 Å². The maximum Gasteiger partial charge on any atom is 0.139 e. The summed E-state index contributed by atoms with van der Waals surface area (Å²) in [5.74, 6) is 0. The smallest absolute Gasteiger partial charge is 0.139 e. The summed E-state index contributed by atoms with van der Waals surface area (Å²) in [4.78, 5) is 13.4. The van der Waals surface area contributed by atoms with Gasteiger partial charge in [0, 0.05) is 21.0 Å². The van der Waals surface area contributed by atoms with Gasteiger partial charge in [-0.1, -0.05) is 24.3 Å². The van der Waals surface area contributed by atoms with E-state index in [4.69, 9.17) is 0 Å². The van der Waals surface area contributed by atoms with E-state index in [-0.39, 0.29) is 0 Å². The van der Waals surface area contributed by atoms with Gasteiger partial charge < -0.3 is 10.1 Å². The van der Waals surface area contributed by atoms with Crippen LogP contribution in [0.3, 0.4) is 0 Å². The molecule has 2 aromatic carbocycles. The first-order chi connectivity index (χ1) is 12.2. The van der Waals surface area contributed by atoms with Crippen LogP contribution in [0.2, 0.25) is 0 Å². The molecule has 0 unspecified atom stereocenters. The van der Waals surface area contributed by atoms with Gasteiger partial charge in [-0.3, -0.25) is 0 Å². The lowest BCUT2D eigenvalue weighted by Crippen LogP contribution is -2.01. The first-order valence-electron chi connectivity index (χ1n) is 7.71. The van der Waals surface area contributed by atoms with Gasteiger partial charge >= 0.3 is 0 Å². The molecule has 1 N–H and O–H groups in total. The van der Waals surface area contributed by atoms with Crippen LogP contribution in [0.4, 0.5) is 5.69 Å². The quantitative estimate of drug-likeness (QED) is 0.477.